The summed E-state index contributed by atoms with van der Waals surface area (Å²) in [5.41, 5.74) is -0.262. The van der Waals surface area contributed by atoms with E-state index in [2.05, 4.69) is 25.3 Å². The first kappa shape index (κ1) is 22.7. The molecule has 33 heavy (non-hydrogen) atoms. The topological polar surface area (TPSA) is 128 Å². The number of nitrogens with zero attached hydrogens (tertiary/aromatic N) is 4. The molecular weight excluding hydrogens is 437 g/mol. The number of pyridine rings is 1. The second kappa shape index (κ2) is 8.78. The van der Waals surface area contributed by atoms with Gasteiger partial charge in [-0.3, -0.25) is 4.79 Å². The summed E-state index contributed by atoms with van der Waals surface area (Å²) >= 11 is 0. The molecule has 1 aliphatic carbocycles. The van der Waals surface area contributed by atoms with Gasteiger partial charge < -0.3 is 15.4 Å². The van der Waals surface area contributed by atoms with Gasteiger partial charge in [0.05, 0.1) is 35.2 Å². The standard InChI is InChI=1S/C22H21F3N6O2/c1-11(18(33)5-12-3-2-4-17(12)32)30-21-29-8-13(7-26)19(31-21)16-10-28-20-15(16)6-14(9-27-20)22(23,24)25/h6,8-12,17,32H,2-5H2,1H3,(H,27,28)(H,29,30,31)/t11-,12?,17?/m1/s1. The number of aromatic amines is 1. The summed E-state index contributed by atoms with van der Waals surface area (Å²) in [7, 11) is 0. The lowest BCUT2D eigenvalue weighted by Crippen LogP contribution is -2.30. The zero-order valence-corrected chi connectivity index (χ0v) is 17.6. The highest BCUT2D eigenvalue weighted by molar-refractivity contribution is 5.94. The van der Waals surface area contributed by atoms with Crippen LogP contribution in [0.3, 0.4) is 0 Å². The molecule has 0 amide bonds. The van der Waals surface area contributed by atoms with Gasteiger partial charge in [-0.25, -0.2) is 15.0 Å². The minimum Gasteiger partial charge on any atom is -0.393 e. The van der Waals surface area contributed by atoms with Crippen molar-refractivity contribution in [3.8, 4) is 17.3 Å². The summed E-state index contributed by atoms with van der Waals surface area (Å²) in [4.78, 5) is 27.6. The number of ketones is 1. The van der Waals surface area contributed by atoms with Crippen LogP contribution in [-0.2, 0) is 11.0 Å². The van der Waals surface area contributed by atoms with E-state index in [1.807, 2.05) is 6.07 Å². The summed E-state index contributed by atoms with van der Waals surface area (Å²) in [6, 6.07) is 2.24. The molecule has 3 atom stereocenters. The summed E-state index contributed by atoms with van der Waals surface area (Å²) in [6.45, 7) is 1.65. The molecule has 1 aliphatic rings. The Hall–Kier alpha value is -3.52. The Bertz CT molecular complexity index is 1230. The van der Waals surface area contributed by atoms with Gasteiger partial charge in [-0.05, 0) is 31.7 Å². The van der Waals surface area contributed by atoms with Crippen molar-refractivity contribution in [2.24, 2.45) is 5.92 Å². The Kier molecular flexibility index (Phi) is 6.03. The Morgan fingerprint density at radius 1 is 1.36 bits per heavy atom. The first-order valence-corrected chi connectivity index (χ1v) is 10.5. The lowest BCUT2D eigenvalue weighted by molar-refractivity contribution is -0.137. The number of aromatic nitrogens is 4. The van der Waals surface area contributed by atoms with Crippen LogP contribution in [-0.4, -0.2) is 43.0 Å². The molecule has 11 heteroatoms. The van der Waals surface area contributed by atoms with E-state index in [4.69, 9.17) is 0 Å². The monoisotopic (exact) mass is 458 g/mol. The number of rotatable bonds is 6. The molecule has 0 bridgehead atoms. The van der Waals surface area contributed by atoms with Crippen LogP contribution >= 0.6 is 0 Å². The molecular formula is C22H21F3N6O2. The van der Waals surface area contributed by atoms with Crippen LogP contribution in [0.2, 0.25) is 0 Å². The van der Waals surface area contributed by atoms with Crippen LogP contribution in [0.1, 0.15) is 43.7 Å². The first-order chi connectivity index (χ1) is 15.7. The predicted molar refractivity (Wildman–Crippen MR) is 113 cm³/mol. The van der Waals surface area contributed by atoms with Gasteiger partial charge in [0.15, 0.2) is 5.78 Å². The van der Waals surface area contributed by atoms with Gasteiger partial charge in [-0.1, -0.05) is 6.42 Å². The van der Waals surface area contributed by atoms with E-state index in [-0.39, 0.29) is 51.9 Å². The fourth-order valence-corrected chi connectivity index (χ4v) is 4.06. The number of hydrogen-bond donors (Lipinski definition) is 3. The van der Waals surface area contributed by atoms with E-state index in [9.17, 15) is 28.3 Å². The van der Waals surface area contributed by atoms with Crippen molar-refractivity contribution in [1.82, 2.24) is 19.9 Å². The molecule has 3 aromatic rings. The van der Waals surface area contributed by atoms with E-state index in [0.29, 0.717) is 6.42 Å². The predicted octanol–water partition coefficient (Wildman–Crippen LogP) is 3.83. The number of Topliss-reactive ketones (excluding diaryl/α,β-unsaturated/α-hetero) is 1. The smallest absolute Gasteiger partial charge is 0.393 e. The molecule has 172 valence electrons. The molecule has 3 heterocycles. The molecule has 0 radical (unpaired) electrons. The average molecular weight is 458 g/mol. The molecule has 0 spiro atoms. The third-order valence-corrected chi connectivity index (χ3v) is 5.93. The van der Waals surface area contributed by atoms with Crippen LogP contribution in [0.5, 0.6) is 0 Å². The SMILES string of the molecule is C[C@@H](Nc1ncc(C#N)c(-c2c[nH]c3ncc(C(F)(F)F)cc23)n1)C(=O)CC1CCCC1O. The number of hydrogen-bond acceptors (Lipinski definition) is 7. The maximum Gasteiger partial charge on any atom is 0.417 e. The zero-order valence-electron chi connectivity index (χ0n) is 17.6. The van der Waals surface area contributed by atoms with Crippen LogP contribution < -0.4 is 5.32 Å². The Labute approximate surface area is 186 Å². The van der Waals surface area contributed by atoms with Crippen molar-refractivity contribution in [2.75, 3.05) is 5.32 Å². The molecule has 1 saturated carbocycles. The number of aliphatic hydroxyl groups excluding tert-OH is 1. The fourth-order valence-electron chi connectivity index (χ4n) is 4.06. The van der Waals surface area contributed by atoms with Gasteiger partial charge in [-0.15, -0.1) is 0 Å². The maximum atomic E-state index is 13.2. The number of nitriles is 1. The number of aliphatic hydroxyl groups is 1. The van der Waals surface area contributed by atoms with Crippen molar-refractivity contribution in [3.63, 3.8) is 0 Å². The van der Waals surface area contributed by atoms with E-state index in [0.717, 1.165) is 25.1 Å². The highest BCUT2D eigenvalue weighted by Crippen LogP contribution is 2.35. The van der Waals surface area contributed by atoms with Gasteiger partial charge in [0.1, 0.15) is 11.7 Å². The summed E-state index contributed by atoms with van der Waals surface area (Å²) < 4.78 is 39.5. The quantitative estimate of drug-likeness (QED) is 0.512. The molecule has 1 fully saturated rings. The molecule has 0 aliphatic heterocycles. The number of alkyl halides is 3. The Balaban J connectivity index is 1.63. The normalized spacial score (nSPS) is 19.4. The zero-order chi connectivity index (χ0) is 23.8. The maximum absolute atomic E-state index is 13.2. The van der Waals surface area contributed by atoms with Crippen molar-refractivity contribution >= 4 is 22.8 Å². The van der Waals surface area contributed by atoms with Gasteiger partial charge in [-0.2, -0.15) is 18.4 Å². The second-order valence-corrected chi connectivity index (χ2v) is 8.18. The Morgan fingerprint density at radius 3 is 2.82 bits per heavy atom. The lowest BCUT2D eigenvalue weighted by Gasteiger charge is -2.18. The van der Waals surface area contributed by atoms with Crippen LogP contribution in [0.15, 0.2) is 24.7 Å². The molecule has 0 saturated heterocycles. The number of anilines is 1. The Morgan fingerprint density at radius 2 is 2.15 bits per heavy atom. The highest BCUT2D eigenvalue weighted by atomic mass is 19.4. The average Bonchev–Trinajstić information content (AvgIpc) is 3.38. The lowest BCUT2D eigenvalue weighted by atomic mass is 9.96. The molecule has 0 aromatic carbocycles. The van der Waals surface area contributed by atoms with E-state index >= 15 is 0 Å². The van der Waals surface area contributed by atoms with Crippen molar-refractivity contribution in [2.45, 2.75) is 50.9 Å². The molecule has 3 N–H and O–H groups in total. The molecule has 4 rings (SSSR count). The van der Waals surface area contributed by atoms with E-state index in [1.165, 1.54) is 12.4 Å². The van der Waals surface area contributed by atoms with Crippen LogP contribution in [0.25, 0.3) is 22.3 Å². The molecule has 2 unspecified atom stereocenters. The van der Waals surface area contributed by atoms with E-state index in [1.54, 1.807) is 6.92 Å². The number of carbonyl (C=O) groups excluding carboxylic acids is 1. The van der Waals surface area contributed by atoms with Gasteiger partial charge in [0, 0.05) is 29.8 Å². The summed E-state index contributed by atoms with van der Waals surface area (Å²) in [5.74, 6) is -0.117. The van der Waals surface area contributed by atoms with Gasteiger partial charge >= 0.3 is 6.18 Å². The van der Waals surface area contributed by atoms with Crippen molar-refractivity contribution in [3.05, 3.63) is 35.8 Å². The molecule has 3 aromatic heterocycles. The van der Waals surface area contributed by atoms with E-state index < -0.39 is 23.9 Å². The largest absolute Gasteiger partial charge is 0.417 e. The highest BCUT2D eigenvalue weighted by Gasteiger charge is 2.32. The number of carbonyl (C=O) groups is 1. The van der Waals surface area contributed by atoms with Crippen molar-refractivity contribution in [1.29, 1.82) is 5.26 Å². The van der Waals surface area contributed by atoms with Crippen LogP contribution in [0, 0.1) is 17.2 Å². The van der Waals surface area contributed by atoms with Crippen molar-refractivity contribution < 1.29 is 23.1 Å². The number of halogens is 3. The third-order valence-electron chi connectivity index (χ3n) is 5.93. The number of nitrogens with one attached hydrogen (secondary N) is 2. The first-order valence-electron chi connectivity index (χ1n) is 10.5. The number of fused-ring (bicyclic) bond motifs is 1. The summed E-state index contributed by atoms with van der Waals surface area (Å²) in [5, 5.41) is 22.5. The third kappa shape index (κ3) is 4.66. The van der Waals surface area contributed by atoms with Crippen LogP contribution in [0.4, 0.5) is 19.1 Å². The molecule has 8 nitrogen and oxygen atoms in total. The minimum atomic E-state index is -4.57. The van der Waals surface area contributed by atoms with Gasteiger partial charge in [0.2, 0.25) is 5.95 Å². The second-order valence-electron chi connectivity index (χ2n) is 8.18. The minimum absolute atomic E-state index is 0.0612. The number of H-pyrrole nitrogens is 1. The van der Waals surface area contributed by atoms with Gasteiger partial charge in [0.25, 0.3) is 0 Å². The summed E-state index contributed by atoms with van der Waals surface area (Å²) in [6.07, 6.45) is 0.970. The fraction of sp³-hybridized carbons (Fsp3) is 0.409.